The molecule has 158 valence electrons. The molecule has 0 atom stereocenters. The summed E-state index contributed by atoms with van der Waals surface area (Å²) in [7, 11) is 1.62. The number of nitrogens with zero attached hydrogens (tertiary/aromatic N) is 1. The molecule has 3 N–H and O–H groups in total. The van der Waals surface area contributed by atoms with Gasteiger partial charge in [-0.05, 0) is 48.9 Å². The first-order valence-electron chi connectivity index (χ1n) is 10.3. The van der Waals surface area contributed by atoms with Crippen LogP contribution in [0.3, 0.4) is 0 Å². The van der Waals surface area contributed by atoms with Crippen molar-refractivity contribution < 1.29 is 13.9 Å². The number of rotatable bonds is 5. The largest absolute Gasteiger partial charge is 0.496 e. The lowest BCUT2D eigenvalue weighted by Gasteiger charge is -2.29. The molecule has 6 nitrogen and oxygen atoms in total. The van der Waals surface area contributed by atoms with Crippen molar-refractivity contribution in [1.82, 2.24) is 10.6 Å². The number of nitrogens with one attached hydrogen (secondary N) is 3. The van der Waals surface area contributed by atoms with Crippen LogP contribution in [-0.2, 0) is 0 Å². The number of halogens is 1. The summed E-state index contributed by atoms with van der Waals surface area (Å²) in [5, 5.41) is 9.39. The second-order valence-corrected chi connectivity index (χ2v) is 7.46. The minimum Gasteiger partial charge on any atom is -0.496 e. The molecule has 0 radical (unpaired) electrons. The molecule has 4 rings (SSSR count). The minimum absolute atomic E-state index is 0.287. The normalized spacial score (nSPS) is 16.7. The average Bonchev–Trinajstić information content (AvgIpc) is 2.80. The van der Waals surface area contributed by atoms with Crippen LogP contribution in [0, 0.1) is 5.82 Å². The van der Waals surface area contributed by atoms with Crippen LogP contribution in [0.5, 0.6) is 5.75 Å². The van der Waals surface area contributed by atoms with Gasteiger partial charge in [-0.1, -0.05) is 6.08 Å². The van der Waals surface area contributed by atoms with E-state index in [1.54, 1.807) is 19.2 Å². The number of benzene rings is 2. The molecule has 1 amide bonds. The fourth-order valence-corrected chi connectivity index (χ4v) is 3.92. The average molecular weight is 410 g/mol. The molecule has 0 saturated carbocycles. The van der Waals surface area contributed by atoms with Crippen molar-refractivity contribution in [3.05, 3.63) is 59.4 Å². The topological polar surface area (TPSA) is 65.6 Å². The zero-order chi connectivity index (χ0) is 20.9. The summed E-state index contributed by atoms with van der Waals surface area (Å²) < 4.78 is 20.2. The van der Waals surface area contributed by atoms with E-state index in [0.29, 0.717) is 17.1 Å². The Morgan fingerprint density at radius 3 is 2.63 bits per heavy atom. The first kappa shape index (κ1) is 20.4. The smallest absolute Gasteiger partial charge is 0.255 e. The first-order chi connectivity index (χ1) is 14.7. The van der Waals surface area contributed by atoms with Crippen molar-refractivity contribution in [3.8, 4) is 5.75 Å². The lowest BCUT2D eigenvalue weighted by molar-refractivity contribution is 0.102. The van der Waals surface area contributed by atoms with Crippen molar-refractivity contribution in [2.24, 2.45) is 0 Å². The monoisotopic (exact) mass is 410 g/mol. The third-order valence-corrected chi connectivity index (χ3v) is 5.54. The number of amides is 1. The Hall–Kier alpha value is -2.90. The Kier molecular flexibility index (Phi) is 6.30. The van der Waals surface area contributed by atoms with Gasteiger partial charge in [0.05, 0.1) is 12.8 Å². The fraction of sp³-hybridized carbons (Fsp3) is 0.348. The Bertz CT molecular complexity index is 954. The van der Waals surface area contributed by atoms with Crippen LogP contribution < -0.4 is 25.6 Å². The Labute approximate surface area is 176 Å². The van der Waals surface area contributed by atoms with E-state index >= 15 is 0 Å². The molecule has 2 aromatic carbocycles. The molecule has 2 aliphatic rings. The Morgan fingerprint density at radius 2 is 1.93 bits per heavy atom. The maximum atomic E-state index is 14.6. The lowest BCUT2D eigenvalue weighted by atomic mass is 9.99. The first-order valence-corrected chi connectivity index (χ1v) is 10.3. The van der Waals surface area contributed by atoms with Gasteiger partial charge in [0.2, 0.25) is 0 Å². The quantitative estimate of drug-likeness (QED) is 0.708. The predicted molar refractivity (Wildman–Crippen MR) is 118 cm³/mol. The van der Waals surface area contributed by atoms with Crippen LogP contribution in [0.25, 0.3) is 5.57 Å². The van der Waals surface area contributed by atoms with Crippen LogP contribution >= 0.6 is 0 Å². The zero-order valence-electron chi connectivity index (χ0n) is 17.1. The van der Waals surface area contributed by atoms with Gasteiger partial charge >= 0.3 is 0 Å². The molecule has 0 bridgehead atoms. The second kappa shape index (κ2) is 9.28. The van der Waals surface area contributed by atoms with Crippen LogP contribution in [0.4, 0.5) is 15.8 Å². The van der Waals surface area contributed by atoms with E-state index in [0.717, 1.165) is 51.3 Å². The number of hydrogen-bond donors (Lipinski definition) is 3. The molecular formula is C23H27FN4O2. The number of carbonyl (C=O) groups excluding carboxylic acids is 1. The predicted octanol–water partition coefficient (Wildman–Crippen LogP) is 2.87. The Morgan fingerprint density at radius 1 is 1.10 bits per heavy atom. The van der Waals surface area contributed by atoms with E-state index in [2.05, 4.69) is 22.0 Å². The van der Waals surface area contributed by atoms with Gasteiger partial charge < -0.3 is 25.6 Å². The van der Waals surface area contributed by atoms with Gasteiger partial charge in [0.15, 0.2) is 0 Å². The van der Waals surface area contributed by atoms with Crippen molar-refractivity contribution in [1.29, 1.82) is 0 Å². The van der Waals surface area contributed by atoms with Gasteiger partial charge in [0.1, 0.15) is 11.6 Å². The molecule has 0 unspecified atom stereocenters. The summed E-state index contributed by atoms with van der Waals surface area (Å²) in [5.74, 6) is -0.0202. The van der Waals surface area contributed by atoms with Crippen LogP contribution in [-0.4, -0.2) is 52.3 Å². The van der Waals surface area contributed by atoms with Crippen LogP contribution in [0.2, 0.25) is 0 Å². The molecule has 2 aliphatic heterocycles. The van der Waals surface area contributed by atoms with Gasteiger partial charge in [-0.2, -0.15) is 0 Å². The van der Waals surface area contributed by atoms with Gasteiger partial charge in [-0.15, -0.1) is 0 Å². The molecule has 0 spiro atoms. The van der Waals surface area contributed by atoms with Gasteiger partial charge in [-0.3, -0.25) is 4.79 Å². The molecule has 7 heteroatoms. The van der Waals surface area contributed by atoms with Gasteiger partial charge in [0.25, 0.3) is 5.91 Å². The van der Waals surface area contributed by atoms with E-state index in [4.69, 9.17) is 4.74 Å². The van der Waals surface area contributed by atoms with E-state index < -0.39 is 0 Å². The molecule has 0 aliphatic carbocycles. The van der Waals surface area contributed by atoms with Gasteiger partial charge in [-0.25, -0.2) is 4.39 Å². The summed E-state index contributed by atoms with van der Waals surface area (Å²) in [4.78, 5) is 14.7. The summed E-state index contributed by atoms with van der Waals surface area (Å²) in [6.07, 6.45) is 3.09. The van der Waals surface area contributed by atoms with Crippen LogP contribution in [0.1, 0.15) is 22.3 Å². The number of carbonyl (C=O) groups is 1. The molecular weight excluding hydrogens is 383 g/mol. The summed E-state index contributed by atoms with van der Waals surface area (Å²) in [6.45, 7) is 4.93. The van der Waals surface area contributed by atoms with E-state index in [1.807, 2.05) is 23.1 Å². The third-order valence-electron chi connectivity index (χ3n) is 5.54. The zero-order valence-corrected chi connectivity index (χ0v) is 17.1. The molecule has 1 saturated heterocycles. The standard InChI is InChI=1S/C23H27FN4O2/c1-30-22-15-18(3-4-19(22)16-6-8-25-9-7-16)27-23(29)17-2-5-21(20(24)14-17)28-12-10-26-11-13-28/h2-6,14-15,25-26H,7-13H2,1H3,(H,27,29). The molecule has 2 heterocycles. The van der Waals surface area contributed by atoms with Crippen molar-refractivity contribution in [2.45, 2.75) is 6.42 Å². The van der Waals surface area contributed by atoms with E-state index in [1.165, 1.54) is 11.6 Å². The highest BCUT2D eigenvalue weighted by Crippen LogP contribution is 2.32. The number of hydrogen-bond acceptors (Lipinski definition) is 5. The highest BCUT2D eigenvalue weighted by molar-refractivity contribution is 6.04. The van der Waals surface area contributed by atoms with Crippen LogP contribution in [0.15, 0.2) is 42.5 Å². The number of methoxy groups -OCH3 is 1. The number of ether oxygens (including phenoxy) is 1. The summed E-state index contributed by atoms with van der Waals surface area (Å²) >= 11 is 0. The maximum absolute atomic E-state index is 14.6. The minimum atomic E-state index is -0.379. The highest BCUT2D eigenvalue weighted by Gasteiger charge is 2.17. The summed E-state index contributed by atoms with van der Waals surface area (Å²) in [5.41, 5.74) is 3.70. The molecule has 2 aromatic rings. The second-order valence-electron chi connectivity index (χ2n) is 7.46. The summed E-state index contributed by atoms with van der Waals surface area (Å²) in [6, 6.07) is 10.3. The third kappa shape index (κ3) is 4.47. The fourth-order valence-electron chi connectivity index (χ4n) is 3.92. The van der Waals surface area contributed by atoms with Crippen molar-refractivity contribution in [2.75, 3.05) is 56.6 Å². The molecule has 1 fully saturated rings. The maximum Gasteiger partial charge on any atom is 0.255 e. The molecule has 30 heavy (non-hydrogen) atoms. The van der Waals surface area contributed by atoms with E-state index in [-0.39, 0.29) is 17.3 Å². The Balaban J connectivity index is 1.49. The van der Waals surface area contributed by atoms with E-state index in [9.17, 15) is 9.18 Å². The number of piperazine rings is 1. The lowest BCUT2D eigenvalue weighted by Crippen LogP contribution is -2.43. The van der Waals surface area contributed by atoms with Crippen molar-refractivity contribution >= 4 is 22.9 Å². The SMILES string of the molecule is COc1cc(NC(=O)c2ccc(N3CCNCC3)c(F)c2)ccc1C1=CCNCC1. The van der Waals surface area contributed by atoms with Gasteiger partial charge in [0, 0.05) is 55.6 Å². The van der Waals surface area contributed by atoms with Crippen molar-refractivity contribution in [3.63, 3.8) is 0 Å². The number of anilines is 2. The highest BCUT2D eigenvalue weighted by atomic mass is 19.1. The molecule has 0 aromatic heterocycles.